The SMILES string of the molecule is CC1(C)[C@H]2CCC[C@@H](O[Si](C)(C)C(C)(C)C)[C@]21O[Si](C)(C)C(C)(C)C. The van der Waals surface area contributed by atoms with Crippen molar-refractivity contribution < 1.29 is 8.85 Å². The van der Waals surface area contributed by atoms with E-state index in [4.69, 9.17) is 8.85 Å². The second-order valence-electron chi connectivity index (χ2n) is 12.2. The van der Waals surface area contributed by atoms with Gasteiger partial charge in [0.1, 0.15) is 0 Å². The van der Waals surface area contributed by atoms with Crippen LogP contribution >= 0.6 is 0 Å². The highest BCUT2D eigenvalue weighted by molar-refractivity contribution is 6.74. The molecule has 0 aliphatic heterocycles. The van der Waals surface area contributed by atoms with Crippen molar-refractivity contribution >= 4 is 16.6 Å². The highest BCUT2D eigenvalue weighted by atomic mass is 28.4. The molecule has 25 heavy (non-hydrogen) atoms. The summed E-state index contributed by atoms with van der Waals surface area (Å²) in [6, 6.07) is 0. The fourth-order valence-electron chi connectivity index (χ4n) is 4.32. The monoisotopic (exact) mass is 384 g/mol. The van der Waals surface area contributed by atoms with Gasteiger partial charge >= 0.3 is 0 Å². The van der Waals surface area contributed by atoms with Gasteiger partial charge in [0.2, 0.25) is 0 Å². The Morgan fingerprint density at radius 1 is 0.800 bits per heavy atom. The van der Waals surface area contributed by atoms with Gasteiger partial charge in [0.25, 0.3) is 0 Å². The molecule has 0 amide bonds. The van der Waals surface area contributed by atoms with Crippen molar-refractivity contribution in [2.24, 2.45) is 11.3 Å². The highest BCUT2D eigenvalue weighted by Crippen LogP contribution is 2.72. The van der Waals surface area contributed by atoms with E-state index in [2.05, 4.69) is 81.6 Å². The van der Waals surface area contributed by atoms with Crippen molar-refractivity contribution in [1.82, 2.24) is 0 Å². The summed E-state index contributed by atoms with van der Waals surface area (Å²) in [6.45, 7) is 28.6. The van der Waals surface area contributed by atoms with Crippen molar-refractivity contribution in [2.45, 2.75) is 123 Å². The van der Waals surface area contributed by atoms with E-state index in [1.165, 1.54) is 19.3 Å². The Kier molecular flexibility index (Phi) is 5.13. The van der Waals surface area contributed by atoms with E-state index in [1.54, 1.807) is 0 Å². The highest BCUT2D eigenvalue weighted by Gasteiger charge is 2.78. The van der Waals surface area contributed by atoms with Crippen LogP contribution in [-0.2, 0) is 8.85 Å². The Labute approximate surface area is 159 Å². The van der Waals surface area contributed by atoms with Crippen LogP contribution in [-0.4, -0.2) is 28.3 Å². The van der Waals surface area contributed by atoms with Crippen LogP contribution in [0.25, 0.3) is 0 Å². The van der Waals surface area contributed by atoms with Crippen LogP contribution in [0.3, 0.4) is 0 Å². The summed E-state index contributed by atoms with van der Waals surface area (Å²) in [4.78, 5) is 0. The minimum Gasteiger partial charge on any atom is -0.411 e. The Bertz CT molecular complexity index is 511. The summed E-state index contributed by atoms with van der Waals surface area (Å²) in [5.41, 5.74) is 0.190. The minimum absolute atomic E-state index is 0.0518. The summed E-state index contributed by atoms with van der Waals surface area (Å²) >= 11 is 0. The number of rotatable bonds is 4. The van der Waals surface area contributed by atoms with E-state index in [1.807, 2.05) is 0 Å². The van der Waals surface area contributed by atoms with Gasteiger partial charge in [-0.15, -0.1) is 0 Å². The van der Waals surface area contributed by atoms with Gasteiger partial charge in [-0.05, 0) is 55.0 Å². The predicted octanol–water partition coefficient (Wildman–Crippen LogP) is 6.98. The summed E-state index contributed by atoms with van der Waals surface area (Å²) in [6.07, 6.45) is 4.03. The maximum atomic E-state index is 7.23. The normalized spacial score (nSPS) is 33.1. The van der Waals surface area contributed by atoms with Gasteiger partial charge < -0.3 is 8.85 Å². The van der Waals surface area contributed by atoms with Gasteiger partial charge in [-0.3, -0.25) is 0 Å². The van der Waals surface area contributed by atoms with Crippen molar-refractivity contribution in [3.8, 4) is 0 Å². The van der Waals surface area contributed by atoms with Crippen molar-refractivity contribution in [3.05, 3.63) is 0 Å². The van der Waals surface area contributed by atoms with Crippen LogP contribution in [0.5, 0.6) is 0 Å². The number of hydrogen-bond acceptors (Lipinski definition) is 2. The molecule has 0 spiro atoms. The largest absolute Gasteiger partial charge is 0.411 e. The Hall–Kier alpha value is 0.354. The van der Waals surface area contributed by atoms with Gasteiger partial charge in [-0.25, -0.2) is 0 Å². The lowest BCUT2D eigenvalue weighted by atomic mass is 9.94. The third-order valence-corrected chi connectivity index (χ3v) is 17.2. The molecule has 0 unspecified atom stereocenters. The quantitative estimate of drug-likeness (QED) is 0.487. The molecule has 0 radical (unpaired) electrons. The lowest BCUT2D eigenvalue weighted by molar-refractivity contribution is -0.0290. The maximum Gasteiger partial charge on any atom is 0.193 e. The summed E-state index contributed by atoms with van der Waals surface area (Å²) in [5.74, 6) is 0.664. The smallest absolute Gasteiger partial charge is 0.193 e. The first-order chi connectivity index (χ1) is 10.9. The van der Waals surface area contributed by atoms with E-state index >= 15 is 0 Å². The molecule has 2 rings (SSSR count). The standard InChI is InChI=1S/C21H44O2Si2/c1-18(2,3)24(9,10)22-17-15-13-14-16-20(7,8)21(16,17)23-25(11,12)19(4,5)6/h16-17H,13-15H2,1-12H3/t16-,17-,21-/m1/s1. The molecule has 0 aromatic rings. The molecule has 2 saturated carbocycles. The van der Waals surface area contributed by atoms with Gasteiger partial charge in [-0.2, -0.15) is 0 Å². The lowest BCUT2D eigenvalue weighted by Crippen LogP contribution is -2.55. The lowest BCUT2D eigenvalue weighted by Gasteiger charge is -2.48. The molecule has 3 atom stereocenters. The van der Waals surface area contributed by atoms with Gasteiger partial charge in [0.05, 0.1) is 11.7 Å². The first kappa shape index (κ1) is 21.7. The van der Waals surface area contributed by atoms with Crippen LogP contribution in [0.4, 0.5) is 0 Å². The average Bonchev–Trinajstić information content (AvgIpc) is 2.83. The zero-order valence-electron chi connectivity index (χ0n) is 19.1. The topological polar surface area (TPSA) is 18.5 Å². The third kappa shape index (κ3) is 3.34. The van der Waals surface area contributed by atoms with Gasteiger partial charge in [0, 0.05) is 5.41 Å². The minimum atomic E-state index is -1.84. The van der Waals surface area contributed by atoms with E-state index in [-0.39, 0.29) is 27.2 Å². The summed E-state index contributed by atoms with van der Waals surface area (Å²) < 4.78 is 14.3. The van der Waals surface area contributed by atoms with Crippen molar-refractivity contribution in [3.63, 3.8) is 0 Å². The predicted molar refractivity (Wildman–Crippen MR) is 114 cm³/mol. The molecular weight excluding hydrogens is 340 g/mol. The number of hydrogen-bond donors (Lipinski definition) is 0. The fourth-order valence-corrected chi connectivity index (χ4v) is 7.37. The van der Waals surface area contributed by atoms with Crippen LogP contribution in [0.15, 0.2) is 0 Å². The zero-order chi connectivity index (χ0) is 19.7. The fraction of sp³-hybridized carbons (Fsp3) is 1.00. The Balaban J connectivity index is 2.37. The molecule has 4 heteroatoms. The van der Waals surface area contributed by atoms with E-state index < -0.39 is 16.6 Å². The Morgan fingerprint density at radius 2 is 1.28 bits per heavy atom. The molecule has 2 aliphatic carbocycles. The van der Waals surface area contributed by atoms with Crippen LogP contribution in [0, 0.1) is 11.3 Å². The Morgan fingerprint density at radius 3 is 1.72 bits per heavy atom. The second-order valence-corrected chi connectivity index (χ2v) is 21.7. The van der Waals surface area contributed by atoms with E-state index in [9.17, 15) is 0 Å². The molecule has 0 bridgehead atoms. The van der Waals surface area contributed by atoms with Crippen molar-refractivity contribution in [2.75, 3.05) is 0 Å². The molecule has 0 heterocycles. The summed E-state index contributed by atoms with van der Waals surface area (Å²) in [5, 5.41) is 0.487. The summed E-state index contributed by atoms with van der Waals surface area (Å²) in [7, 11) is -3.64. The van der Waals surface area contributed by atoms with E-state index in [0.717, 1.165) is 0 Å². The first-order valence-electron chi connectivity index (χ1n) is 10.3. The molecule has 0 aromatic heterocycles. The molecule has 2 fully saturated rings. The molecule has 2 aliphatic rings. The zero-order valence-corrected chi connectivity index (χ0v) is 21.1. The van der Waals surface area contributed by atoms with Crippen LogP contribution in [0.2, 0.25) is 36.3 Å². The third-order valence-electron chi connectivity index (χ3n) is 8.22. The molecule has 2 nitrogen and oxygen atoms in total. The maximum absolute atomic E-state index is 7.23. The van der Waals surface area contributed by atoms with Gasteiger partial charge in [-0.1, -0.05) is 61.8 Å². The van der Waals surface area contributed by atoms with E-state index in [0.29, 0.717) is 5.92 Å². The molecule has 0 N–H and O–H groups in total. The molecule has 0 aromatic carbocycles. The van der Waals surface area contributed by atoms with Crippen molar-refractivity contribution in [1.29, 1.82) is 0 Å². The molecule has 0 saturated heterocycles. The number of fused-ring (bicyclic) bond motifs is 1. The molecular formula is C21H44O2Si2. The van der Waals surface area contributed by atoms with Crippen LogP contribution < -0.4 is 0 Å². The van der Waals surface area contributed by atoms with Crippen LogP contribution in [0.1, 0.15) is 74.7 Å². The molecule has 148 valence electrons. The second kappa shape index (κ2) is 5.92. The average molecular weight is 385 g/mol. The van der Waals surface area contributed by atoms with Gasteiger partial charge in [0.15, 0.2) is 16.6 Å². The first-order valence-corrected chi connectivity index (χ1v) is 16.1.